The highest BCUT2D eigenvalue weighted by atomic mass is 16.5. The van der Waals surface area contributed by atoms with Crippen molar-refractivity contribution >= 4 is 5.97 Å². The van der Waals surface area contributed by atoms with Gasteiger partial charge in [0.15, 0.2) is 0 Å². The molecule has 1 aliphatic carbocycles. The molecule has 0 spiro atoms. The van der Waals surface area contributed by atoms with E-state index in [1.807, 2.05) is 12.4 Å². The van der Waals surface area contributed by atoms with E-state index >= 15 is 0 Å². The molecule has 0 bridgehead atoms. The summed E-state index contributed by atoms with van der Waals surface area (Å²) < 4.78 is 4.93. The van der Waals surface area contributed by atoms with Crippen molar-refractivity contribution < 1.29 is 9.53 Å². The van der Waals surface area contributed by atoms with Crippen LogP contribution in [0.2, 0.25) is 0 Å². The van der Waals surface area contributed by atoms with Crippen molar-refractivity contribution in [3.63, 3.8) is 0 Å². The molecule has 0 unspecified atom stereocenters. The number of hydrogen-bond acceptors (Lipinski definition) is 3. The molecule has 0 radical (unpaired) electrons. The molecule has 1 aliphatic rings. The molecular weight excluding hydrogens is 240 g/mol. The maximum atomic E-state index is 11.8. The number of nitrogens with one attached hydrogen (secondary N) is 2. The Hall–Kier alpha value is -1.29. The van der Waals surface area contributed by atoms with Gasteiger partial charge in [-0.2, -0.15) is 0 Å². The summed E-state index contributed by atoms with van der Waals surface area (Å²) in [4.78, 5) is 14.9. The summed E-state index contributed by atoms with van der Waals surface area (Å²) in [6.07, 6.45) is 6.98. The number of rotatable bonds is 6. The number of H-pyrrole nitrogens is 1. The van der Waals surface area contributed by atoms with Crippen molar-refractivity contribution in [1.29, 1.82) is 0 Å². The fourth-order valence-electron chi connectivity index (χ4n) is 2.73. The van der Waals surface area contributed by atoms with Crippen molar-refractivity contribution in [1.82, 2.24) is 10.3 Å². The zero-order valence-corrected chi connectivity index (χ0v) is 12.1. The van der Waals surface area contributed by atoms with E-state index in [0.717, 1.165) is 25.8 Å². The monoisotopic (exact) mass is 264 g/mol. The summed E-state index contributed by atoms with van der Waals surface area (Å²) in [5.41, 5.74) is 1.06. The molecule has 19 heavy (non-hydrogen) atoms. The molecule has 1 saturated carbocycles. The first-order chi connectivity index (χ1) is 9.00. The van der Waals surface area contributed by atoms with Gasteiger partial charge in [0.2, 0.25) is 0 Å². The van der Waals surface area contributed by atoms with Gasteiger partial charge in [-0.3, -0.25) is 4.79 Å². The lowest BCUT2D eigenvalue weighted by atomic mass is 9.68. The smallest absolute Gasteiger partial charge is 0.313 e. The van der Waals surface area contributed by atoms with Crippen LogP contribution in [0.3, 0.4) is 0 Å². The Kier molecular flexibility index (Phi) is 3.99. The van der Waals surface area contributed by atoms with Crippen LogP contribution in [0, 0.1) is 5.41 Å². The number of aromatic nitrogens is 1. The van der Waals surface area contributed by atoms with E-state index < -0.39 is 0 Å². The van der Waals surface area contributed by atoms with E-state index in [0.29, 0.717) is 6.54 Å². The normalized spacial score (nSPS) is 17.8. The first-order valence-corrected chi connectivity index (χ1v) is 6.93. The Morgan fingerprint density at radius 3 is 2.74 bits per heavy atom. The van der Waals surface area contributed by atoms with Crippen LogP contribution in [0.25, 0.3) is 0 Å². The fourth-order valence-corrected chi connectivity index (χ4v) is 2.73. The van der Waals surface area contributed by atoms with Crippen molar-refractivity contribution in [3.8, 4) is 0 Å². The number of aromatic amines is 1. The van der Waals surface area contributed by atoms with Gasteiger partial charge in [0.05, 0.1) is 12.5 Å². The highest BCUT2D eigenvalue weighted by Crippen LogP contribution is 2.41. The minimum Gasteiger partial charge on any atom is -0.469 e. The third-order valence-corrected chi connectivity index (χ3v) is 4.34. The molecule has 2 N–H and O–H groups in total. The van der Waals surface area contributed by atoms with Crippen molar-refractivity contribution in [2.24, 2.45) is 5.41 Å². The van der Waals surface area contributed by atoms with Crippen LogP contribution in [0.5, 0.6) is 0 Å². The average molecular weight is 264 g/mol. The topological polar surface area (TPSA) is 54.1 Å². The second-order valence-corrected chi connectivity index (χ2v) is 6.21. The number of methoxy groups -OCH3 is 1. The van der Waals surface area contributed by atoms with Crippen molar-refractivity contribution in [2.45, 2.75) is 38.5 Å². The van der Waals surface area contributed by atoms with Crippen LogP contribution < -0.4 is 5.32 Å². The van der Waals surface area contributed by atoms with E-state index in [1.54, 1.807) is 0 Å². The van der Waals surface area contributed by atoms with E-state index in [-0.39, 0.29) is 16.8 Å². The summed E-state index contributed by atoms with van der Waals surface area (Å²) in [6, 6.07) is 2.10. The summed E-state index contributed by atoms with van der Waals surface area (Å²) in [7, 11) is 1.48. The van der Waals surface area contributed by atoms with Gasteiger partial charge in [-0.15, -0.1) is 0 Å². The predicted octanol–water partition coefficient (Wildman–Crippen LogP) is 2.23. The molecule has 4 heteroatoms. The van der Waals surface area contributed by atoms with Crippen molar-refractivity contribution in [2.75, 3.05) is 20.2 Å². The first kappa shape index (κ1) is 14.1. The molecule has 0 saturated heterocycles. The molecular formula is C15H24N2O2. The minimum atomic E-state index is -0.275. The molecule has 4 nitrogen and oxygen atoms in total. The molecule has 0 atom stereocenters. The highest BCUT2D eigenvalue weighted by Gasteiger charge is 2.45. The average Bonchev–Trinajstić information content (AvgIpc) is 2.86. The van der Waals surface area contributed by atoms with Crippen LogP contribution >= 0.6 is 0 Å². The van der Waals surface area contributed by atoms with Crippen LogP contribution in [0.4, 0.5) is 0 Å². The molecule has 0 amide bonds. The first-order valence-electron chi connectivity index (χ1n) is 6.93. The lowest BCUT2D eigenvalue weighted by Crippen LogP contribution is -2.48. The van der Waals surface area contributed by atoms with Crippen molar-refractivity contribution in [3.05, 3.63) is 24.0 Å². The summed E-state index contributed by atoms with van der Waals surface area (Å²) in [5.74, 6) is -0.0642. The summed E-state index contributed by atoms with van der Waals surface area (Å²) in [6.45, 7) is 5.97. The number of carbonyl (C=O) groups excluding carboxylic acids is 1. The van der Waals surface area contributed by atoms with E-state index in [1.165, 1.54) is 12.7 Å². The quantitative estimate of drug-likeness (QED) is 0.775. The van der Waals surface area contributed by atoms with Gasteiger partial charge in [-0.25, -0.2) is 0 Å². The Morgan fingerprint density at radius 2 is 2.26 bits per heavy atom. The third-order valence-electron chi connectivity index (χ3n) is 4.34. The predicted molar refractivity (Wildman–Crippen MR) is 75.0 cm³/mol. The molecule has 1 aromatic rings. The lowest BCUT2D eigenvalue weighted by molar-refractivity contribution is -0.158. The number of ether oxygens (including phenoxy) is 1. The maximum Gasteiger partial charge on any atom is 0.313 e. The van der Waals surface area contributed by atoms with Gasteiger partial charge in [-0.05, 0) is 24.5 Å². The highest BCUT2D eigenvalue weighted by molar-refractivity contribution is 5.78. The fraction of sp³-hybridized carbons (Fsp3) is 0.667. The van der Waals surface area contributed by atoms with Gasteiger partial charge in [-0.1, -0.05) is 20.3 Å². The number of hydrogen-bond donors (Lipinski definition) is 2. The summed E-state index contributed by atoms with van der Waals surface area (Å²) in [5, 5.41) is 3.46. The van der Waals surface area contributed by atoms with Crippen LogP contribution in [-0.2, 0) is 14.9 Å². The van der Waals surface area contributed by atoms with Gasteiger partial charge in [0, 0.05) is 30.9 Å². The lowest BCUT2D eigenvalue weighted by Gasteiger charge is -2.39. The summed E-state index contributed by atoms with van der Waals surface area (Å²) >= 11 is 0. The van der Waals surface area contributed by atoms with E-state index in [4.69, 9.17) is 4.74 Å². The van der Waals surface area contributed by atoms with Crippen LogP contribution in [0.15, 0.2) is 18.5 Å². The SMILES string of the molecule is COC(=O)C1(CNCC(C)(C)c2cc[nH]c2)CCC1. The Balaban J connectivity index is 1.88. The van der Waals surface area contributed by atoms with Crippen LogP contribution in [0.1, 0.15) is 38.7 Å². The Bertz CT molecular complexity index is 419. The number of esters is 1. The second-order valence-electron chi connectivity index (χ2n) is 6.21. The van der Waals surface area contributed by atoms with Gasteiger partial charge in [0.1, 0.15) is 0 Å². The van der Waals surface area contributed by atoms with Gasteiger partial charge in [0.25, 0.3) is 0 Å². The van der Waals surface area contributed by atoms with E-state index in [2.05, 4.69) is 30.2 Å². The third kappa shape index (κ3) is 2.84. The molecule has 0 aromatic carbocycles. The van der Waals surface area contributed by atoms with E-state index in [9.17, 15) is 4.79 Å². The Morgan fingerprint density at radius 1 is 1.53 bits per heavy atom. The second kappa shape index (κ2) is 5.37. The maximum absolute atomic E-state index is 11.8. The molecule has 106 valence electrons. The largest absolute Gasteiger partial charge is 0.469 e. The van der Waals surface area contributed by atoms with Gasteiger partial charge >= 0.3 is 5.97 Å². The standard InChI is InChI=1S/C15H24N2O2/c1-14(2,12-5-8-16-9-12)10-17-11-15(6-4-7-15)13(18)19-3/h5,8-9,16-17H,4,6-7,10-11H2,1-3H3. The minimum absolute atomic E-state index is 0.0566. The molecule has 1 fully saturated rings. The Labute approximate surface area is 114 Å². The van der Waals surface area contributed by atoms with Crippen LogP contribution in [-0.4, -0.2) is 31.2 Å². The van der Waals surface area contributed by atoms with Gasteiger partial charge < -0.3 is 15.0 Å². The molecule has 1 aromatic heterocycles. The molecule has 2 rings (SSSR count). The zero-order chi connectivity index (χ0) is 13.9. The molecule has 1 heterocycles. The zero-order valence-electron chi connectivity index (χ0n) is 12.1. The molecule has 0 aliphatic heterocycles. The number of carbonyl (C=O) groups is 1.